The largest absolute Gasteiger partial charge is 0.444 e. The Kier molecular flexibility index (Phi) is 6.78. The molecule has 0 saturated heterocycles. The van der Waals surface area contributed by atoms with Crippen molar-refractivity contribution in [2.75, 3.05) is 5.75 Å². The second kappa shape index (κ2) is 7.09. The highest BCUT2D eigenvalue weighted by molar-refractivity contribution is 7.79. The van der Waals surface area contributed by atoms with E-state index in [0.717, 1.165) is 0 Å². The molecule has 0 aromatic heterocycles. The van der Waals surface area contributed by atoms with E-state index in [9.17, 15) is 22.2 Å². The average molecular weight is 305 g/mol. The van der Waals surface area contributed by atoms with Crippen LogP contribution in [0.1, 0.15) is 33.6 Å². The molecule has 0 aliphatic rings. The summed E-state index contributed by atoms with van der Waals surface area (Å²) < 4.78 is 61.5. The van der Waals surface area contributed by atoms with Gasteiger partial charge in [-0.1, -0.05) is 0 Å². The Morgan fingerprint density at radius 3 is 2.26 bits per heavy atom. The summed E-state index contributed by atoms with van der Waals surface area (Å²) in [6.07, 6.45) is -6.41. The molecule has 2 N–H and O–H groups in total. The van der Waals surface area contributed by atoms with Crippen molar-refractivity contribution in [1.82, 2.24) is 5.32 Å². The number of alkyl carbamates (subject to hydrolysis) is 1. The summed E-state index contributed by atoms with van der Waals surface area (Å²) in [5.41, 5.74) is -0.896. The number of ether oxygens (including phenoxy) is 1. The van der Waals surface area contributed by atoms with Crippen LogP contribution in [0.4, 0.5) is 18.0 Å². The van der Waals surface area contributed by atoms with E-state index in [1.165, 1.54) is 20.8 Å². The predicted molar refractivity (Wildman–Crippen MR) is 64.1 cm³/mol. The number of alkyl halides is 3. The molecule has 114 valence electrons. The van der Waals surface area contributed by atoms with Gasteiger partial charge >= 0.3 is 12.3 Å². The molecule has 0 aromatic rings. The van der Waals surface area contributed by atoms with Crippen LogP contribution in [0, 0.1) is 0 Å². The second-order valence-electron chi connectivity index (χ2n) is 4.91. The lowest BCUT2D eigenvalue weighted by molar-refractivity contribution is -0.156. The van der Waals surface area contributed by atoms with E-state index in [0.29, 0.717) is 0 Å². The van der Waals surface area contributed by atoms with Crippen molar-refractivity contribution >= 4 is 17.2 Å². The minimum atomic E-state index is -4.63. The van der Waals surface area contributed by atoms with E-state index < -0.39 is 41.4 Å². The van der Waals surface area contributed by atoms with Gasteiger partial charge in [0.2, 0.25) is 0 Å². The third-order valence-electron chi connectivity index (χ3n) is 1.90. The number of hydrogen-bond acceptors (Lipinski definition) is 3. The van der Waals surface area contributed by atoms with Crippen molar-refractivity contribution in [3.63, 3.8) is 0 Å². The number of hydrogen-bond donors (Lipinski definition) is 2. The van der Waals surface area contributed by atoms with Gasteiger partial charge in [-0.25, -0.2) is 9.00 Å². The minimum absolute atomic E-state index is 0.136. The van der Waals surface area contributed by atoms with Crippen molar-refractivity contribution in [1.29, 1.82) is 0 Å². The highest BCUT2D eigenvalue weighted by atomic mass is 32.2. The molecule has 2 unspecified atom stereocenters. The maximum Gasteiger partial charge on any atom is 0.408 e. The fraction of sp³-hybridized carbons (Fsp3) is 0.900. The summed E-state index contributed by atoms with van der Waals surface area (Å²) in [7, 11) is 0. The Hall–Kier alpha value is -0.830. The van der Waals surface area contributed by atoms with Crippen molar-refractivity contribution in [2.45, 2.75) is 51.4 Å². The van der Waals surface area contributed by atoms with Crippen molar-refractivity contribution < 1.29 is 31.5 Å². The maximum atomic E-state index is 12.6. The van der Waals surface area contributed by atoms with Crippen LogP contribution in [0.5, 0.6) is 0 Å². The Morgan fingerprint density at radius 1 is 1.37 bits per heavy atom. The van der Waals surface area contributed by atoms with E-state index in [1.807, 2.05) is 0 Å². The molecule has 0 bridgehead atoms. The minimum Gasteiger partial charge on any atom is -0.444 e. The van der Waals surface area contributed by atoms with Crippen LogP contribution in [0.3, 0.4) is 0 Å². The fourth-order valence-electron chi connectivity index (χ4n) is 1.18. The number of amides is 1. The van der Waals surface area contributed by atoms with Crippen LogP contribution in [-0.4, -0.2) is 38.4 Å². The van der Waals surface area contributed by atoms with E-state index in [2.05, 4.69) is 0 Å². The summed E-state index contributed by atoms with van der Waals surface area (Å²) >= 11 is -2.15. The number of nitrogens with one attached hydrogen (secondary N) is 1. The molecule has 0 spiro atoms. The fourth-order valence-corrected chi connectivity index (χ4v) is 1.59. The molecule has 0 heterocycles. The highest BCUT2D eigenvalue weighted by Crippen LogP contribution is 2.24. The lowest BCUT2D eigenvalue weighted by atomic mass is 10.1. The van der Waals surface area contributed by atoms with Crippen LogP contribution < -0.4 is 5.32 Å². The van der Waals surface area contributed by atoms with Crippen molar-refractivity contribution in [3.8, 4) is 0 Å². The lowest BCUT2D eigenvalue weighted by Crippen LogP contribution is -2.47. The van der Waals surface area contributed by atoms with Crippen LogP contribution >= 0.6 is 0 Å². The zero-order valence-corrected chi connectivity index (χ0v) is 11.7. The van der Waals surface area contributed by atoms with E-state index in [-0.39, 0.29) is 12.2 Å². The normalized spacial score (nSPS) is 15.7. The molecule has 0 saturated carbocycles. The van der Waals surface area contributed by atoms with Gasteiger partial charge in [-0.05, 0) is 33.6 Å². The summed E-state index contributed by atoms with van der Waals surface area (Å²) in [6, 6.07) is -2.09. The molecule has 0 aromatic carbocycles. The Bertz CT molecular complexity index is 328. The van der Waals surface area contributed by atoms with Gasteiger partial charge < -0.3 is 14.6 Å². The van der Waals surface area contributed by atoms with Gasteiger partial charge in [-0.2, -0.15) is 13.2 Å². The smallest absolute Gasteiger partial charge is 0.408 e. The van der Waals surface area contributed by atoms with Gasteiger partial charge in [0, 0.05) is 5.75 Å². The standard InChI is InChI=1S/C10H18F3NO4S/c1-9(2,3)18-8(15)14-7(10(11,12)13)5-4-6-19(16)17/h7H,4-6H2,1-3H3,(H,14,15)(H,16,17). The molecule has 5 nitrogen and oxygen atoms in total. The molecule has 19 heavy (non-hydrogen) atoms. The first-order valence-electron chi connectivity index (χ1n) is 5.55. The number of rotatable bonds is 5. The molecule has 0 rings (SSSR count). The Morgan fingerprint density at radius 2 is 1.89 bits per heavy atom. The molecular weight excluding hydrogens is 287 g/mol. The van der Waals surface area contributed by atoms with Gasteiger partial charge in [0.1, 0.15) is 11.6 Å². The van der Waals surface area contributed by atoms with Crippen LogP contribution in [0.2, 0.25) is 0 Å². The highest BCUT2D eigenvalue weighted by Gasteiger charge is 2.40. The monoisotopic (exact) mass is 305 g/mol. The molecule has 0 aliphatic carbocycles. The molecular formula is C10H18F3NO4S. The molecule has 2 atom stereocenters. The van der Waals surface area contributed by atoms with Crippen LogP contribution in [0.15, 0.2) is 0 Å². The number of carbonyl (C=O) groups excluding carboxylic acids is 1. The van der Waals surface area contributed by atoms with Gasteiger partial charge in [0.15, 0.2) is 11.1 Å². The van der Waals surface area contributed by atoms with Gasteiger partial charge in [-0.15, -0.1) is 0 Å². The summed E-state index contributed by atoms with van der Waals surface area (Å²) in [4.78, 5) is 11.3. The first-order chi connectivity index (χ1) is 8.42. The molecule has 9 heteroatoms. The first kappa shape index (κ1) is 18.2. The average Bonchev–Trinajstić information content (AvgIpc) is 2.10. The Labute approximate surface area is 112 Å². The summed E-state index contributed by atoms with van der Waals surface area (Å²) in [6.45, 7) is 4.60. The third-order valence-corrected chi connectivity index (χ3v) is 2.54. The molecule has 0 fully saturated rings. The van der Waals surface area contributed by atoms with Crippen LogP contribution in [0.25, 0.3) is 0 Å². The summed E-state index contributed by atoms with van der Waals surface area (Å²) in [5, 5.41) is 1.72. The molecule has 0 aliphatic heterocycles. The zero-order chi connectivity index (χ0) is 15.3. The second-order valence-corrected chi connectivity index (χ2v) is 5.96. The maximum absolute atomic E-state index is 12.6. The van der Waals surface area contributed by atoms with Crippen molar-refractivity contribution in [3.05, 3.63) is 0 Å². The van der Waals surface area contributed by atoms with Crippen LogP contribution in [-0.2, 0) is 15.8 Å². The van der Waals surface area contributed by atoms with E-state index >= 15 is 0 Å². The Balaban J connectivity index is 4.44. The third kappa shape index (κ3) is 9.71. The zero-order valence-electron chi connectivity index (χ0n) is 10.9. The first-order valence-corrected chi connectivity index (χ1v) is 6.83. The molecule has 0 radical (unpaired) electrons. The predicted octanol–water partition coefficient (Wildman–Crippen LogP) is 2.44. The van der Waals surface area contributed by atoms with E-state index in [1.54, 1.807) is 5.32 Å². The quantitative estimate of drug-likeness (QED) is 0.765. The number of halogens is 3. The lowest BCUT2D eigenvalue weighted by Gasteiger charge is -2.25. The number of carbonyl (C=O) groups is 1. The SMILES string of the molecule is CC(C)(C)OC(=O)NC(CCCS(=O)O)C(F)(F)F. The molecule has 1 amide bonds. The summed E-state index contributed by atoms with van der Waals surface area (Å²) in [5.74, 6) is -0.275. The van der Waals surface area contributed by atoms with Gasteiger partial charge in [-0.3, -0.25) is 0 Å². The topological polar surface area (TPSA) is 75.6 Å². The van der Waals surface area contributed by atoms with Gasteiger partial charge in [0.25, 0.3) is 0 Å². The van der Waals surface area contributed by atoms with Gasteiger partial charge in [0.05, 0.1) is 0 Å². The van der Waals surface area contributed by atoms with Crippen molar-refractivity contribution in [2.24, 2.45) is 0 Å². The van der Waals surface area contributed by atoms with E-state index in [4.69, 9.17) is 9.29 Å².